The fraction of sp³-hybridized carbons (Fsp3) is 0.571. The number of nitrogens with two attached hydrogens (primary N) is 1. The van der Waals surface area contributed by atoms with Crippen LogP contribution in [0.4, 0.5) is 5.69 Å². The van der Waals surface area contributed by atoms with E-state index in [4.69, 9.17) is 17.3 Å². The van der Waals surface area contributed by atoms with Crippen LogP contribution in [0.25, 0.3) is 0 Å². The predicted molar refractivity (Wildman–Crippen MR) is 83.6 cm³/mol. The molecule has 2 unspecified atom stereocenters. The zero-order valence-electron chi connectivity index (χ0n) is 12.0. The molecule has 1 aromatic carbocycles. The summed E-state index contributed by atoms with van der Waals surface area (Å²) in [5.74, 6) is 0.379. The van der Waals surface area contributed by atoms with Gasteiger partial charge in [0.2, 0.25) is 10.0 Å². The lowest BCUT2D eigenvalue weighted by Gasteiger charge is -2.39. The molecule has 1 aliphatic carbocycles. The Labute approximate surface area is 130 Å². The molecule has 0 bridgehead atoms. The topological polar surface area (TPSA) is 92.4 Å². The molecule has 0 spiro atoms. The van der Waals surface area contributed by atoms with Crippen molar-refractivity contribution in [3.63, 3.8) is 0 Å². The summed E-state index contributed by atoms with van der Waals surface area (Å²) in [6.45, 7) is 1.86. The first-order valence-electron chi connectivity index (χ1n) is 6.98. The van der Waals surface area contributed by atoms with Crippen molar-refractivity contribution in [3.05, 3.63) is 23.2 Å². The average Bonchev–Trinajstić information content (AvgIpc) is 2.41. The second kappa shape index (κ2) is 6.12. The Kier molecular flexibility index (Phi) is 4.82. The van der Waals surface area contributed by atoms with Gasteiger partial charge in [-0.2, -0.15) is 0 Å². The van der Waals surface area contributed by atoms with Crippen LogP contribution in [0.15, 0.2) is 23.1 Å². The molecule has 2 atom stereocenters. The Morgan fingerprint density at radius 1 is 1.52 bits per heavy atom. The predicted octanol–water partition coefficient (Wildman–Crippen LogP) is 2.14. The lowest BCUT2D eigenvalue weighted by molar-refractivity contribution is 0.120. The number of sulfonamides is 1. The molecule has 0 aliphatic heterocycles. The minimum absolute atomic E-state index is 0.0652. The van der Waals surface area contributed by atoms with E-state index < -0.39 is 15.6 Å². The SMILES string of the molecule is CC1CCCC(CO)(NS(=O)(=O)c2ccc(Cl)c(N)c2)C1. The Bertz CT molecular complexity index is 621. The number of halogens is 1. The standard InChI is InChI=1S/C14H21ClN2O3S/c1-10-3-2-6-14(8-10,9-18)17-21(19,20)11-4-5-12(15)13(16)7-11/h4-5,7,10,17-18H,2-3,6,8-9,16H2,1H3. The Morgan fingerprint density at radius 2 is 2.24 bits per heavy atom. The van der Waals surface area contributed by atoms with E-state index in [1.165, 1.54) is 18.2 Å². The first kappa shape index (κ1) is 16.5. The molecule has 1 aromatic rings. The number of rotatable bonds is 4. The van der Waals surface area contributed by atoms with Gasteiger partial charge in [-0.1, -0.05) is 31.4 Å². The molecule has 4 N–H and O–H groups in total. The molecule has 7 heteroatoms. The van der Waals surface area contributed by atoms with Crippen LogP contribution in [-0.2, 0) is 10.0 Å². The van der Waals surface area contributed by atoms with Crippen LogP contribution >= 0.6 is 11.6 Å². The van der Waals surface area contributed by atoms with Crippen molar-refractivity contribution in [3.8, 4) is 0 Å². The number of nitrogens with one attached hydrogen (secondary N) is 1. The lowest BCUT2D eigenvalue weighted by Crippen LogP contribution is -2.53. The minimum atomic E-state index is -3.74. The molecular formula is C14H21ClN2O3S. The molecule has 2 rings (SSSR count). The van der Waals surface area contributed by atoms with Crippen LogP contribution in [0.1, 0.15) is 32.6 Å². The van der Waals surface area contributed by atoms with Gasteiger partial charge in [0.25, 0.3) is 0 Å². The van der Waals surface area contributed by atoms with Gasteiger partial charge in [-0.05, 0) is 37.0 Å². The van der Waals surface area contributed by atoms with Crippen molar-refractivity contribution in [2.75, 3.05) is 12.3 Å². The summed E-state index contributed by atoms with van der Waals surface area (Å²) >= 11 is 5.82. The van der Waals surface area contributed by atoms with Crippen molar-refractivity contribution >= 4 is 27.3 Å². The first-order chi connectivity index (χ1) is 9.78. The third-order valence-electron chi connectivity index (χ3n) is 4.02. The highest BCUT2D eigenvalue weighted by Crippen LogP contribution is 2.33. The molecule has 118 valence electrons. The van der Waals surface area contributed by atoms with E-state index in [1.807, 2.05) is 0 Å². The average molecular weight is 333 g/mol. The number of hydrogen-bond acceptors (Lipinski definition) is 4. The van der Waals surface area contributed by atoms with Gasteiger partial charge in [0.15, 0.2) is 0 Å². The maximum atomic E-state index is 12.5. The highest BCUT2D eigenvalue weighted by Gasteiger charge is 2.38. The molecule has 21 heavy (non-hydrogen) atoms. The molecule has 0 aromatic heterocycles. The van der Waals surface area contributed by atoms with E-state index in [2.05, 4.69) is 11.6 Å². The summed E-state index contributed by atoms with van der Waals surface area (Å²) in [5.41, 5.74) is 5.09. The number of anilines is 1. The van der Waals surface area contributed by atoms with Crippen LogP contribution in [0.5, 0.6) is 0 Å². The summed E-state index contributed by atoms with van der Waals surface area (Å²) in [7, 11) is -3.74. The molecular weight excluding hydrogens is 312 g/mol. The van der Waals surface area contributed by atoms with Gasteiger partial charge >= 0.3 is 0 Å². The summed E-state index contributed by atoms with van der Waals surface area (Å²) in [6.07, 6.45) is 3.21. The number of hydrogen-bond donors (Lipinski definition) is 3. The fourth-order valence-corrected chi connectivity index (χ4v) is 4.55. The van der Waals surface area contributed by atoms with Crippen molar-refractivity contribution < 1.29 is 13.5 Å². The van der Waals surface area contributed by atoms with Gasteiger partial charge in [-0.25, -0.2) is 13.1 Å². The fourth-order valence-electron chi connectivity index (χ4n) is 2.96. The highest BCUT2D eigenvalue weighted by molar-refractivity contribution is 7.89. The number of benzene rings is 1. The molecule has 0 saturated heterocycles. The molecule has 0 heterocycles. The summed E-state index contributed by atoms with van der Waals surface area (Å²) in [6, 6.07) is 4.21. The second-order valence-electron chi connectivity index (χ2n) is 5.93. The lowest BCUT2D eigenvalue weighted by atomic mass is 9.78. The largest absolute Gasteiger partial charge is 0.397 e. The Hall–Kier alpha value is -0.820. The van der Waals surface area contributed by atoms with Crippen molar-refractivity contribution in [1.29, 1.82) is 0 Å². The Balaban J connectivity index is 2.28. The number of aliphatic hydroxyl groups excluding tert-OH is 1. The number of aliphatic hydroxyl groups is 1. The highest BCUT2D eigenvalue weighted by atomic mass is 35.5. The van der Waals surface area contributed by atoms with Crippen molar-refractivity contribution in [1.82, 2.24) is 4.72 Å². The van der Waals surface area contributed by atoms with E-state index in [1.54, 1.807) is 0 Å². The van der Waals surface area contributed by atoms with Gasteiger partial charge in [-0.3, -0.25) is 0 Å². The number of nitrogen functional groups attached to an aromatic ring is 1. The van der Waals surface area contributed by atoms with Gasteiger partial charge in [0.05, 0.1) is 27.8 Å². The molecule has 1 saturated carbocycles. The smallest absolute Gasteiger partial charge is 0.241 e. The third kappa shape index (κ3) is 3.69. The quantitative estimate of drug-likeness (QED) is 0.736. The van der Waals surface area contributed by atoms with E-state index in [-0.39, 0.29) is 17.2 Å². The van der Waals surface area contributed by atoms with E-state index in [9.17, 15) is 13.5 Å². The molecule has 0 amide bonds. The van der Waals surface area contributed by atoms with E-state index in [0.717, 1.165) is 12.8 Å². The molecule has 1 fully saturated rings. The molecule has 0 radical (unpaired) electrons. The van der Waals surface area contributed by atoms with E-state index in [0.29, 0.717) is 23.8 Å². The van der Waals surface area contributed by atoms with Gasteiger partial charge in [0, 0.05) is 0 Å². The maximum Gasteiger partial charge on any atom is 0.241 e. The normalized spacial score (nSPS) is 26.7. The van der Waals surface area contributed by atoms with Crippen LogP contribution in [-0.4, -0.2) is 25.7 Å². The van der Waals surface area contributed by atoms with Crippen LogP contribution < -0.4 is 10.5 Å². The van der Waals surface area contributed by atoms with Crippen molar-refractivity contribution in [2.45, 2.75) is 43.0 Å². The zero-order valence-corrected chi connectivity index (χ0v) is 13.5. The molecule has 5 nitrogen and oxygen atoms in total. The first-order valence-corrected chi connectivity index (χ1v) is 8.84. The Morgan fingerprint density at radius 3 is 2.81 bits per heavy atom. The maximum absolute atomic E-state index is 12.5. The monoisotopic (exact) mass is 332 g/mol. The second-order valence-corrected chi connectivity index (χ2v) is 8.02. The van der Waals surface area contributed by atoms with Gasteiger partial charge in [0.1, 0.15) is 0 Å². The van der Waals surface area contributed by atoms with Crippen LogP contribution in [0, 0.1) is 5.92 Å². The third-order valence-corrected chi connectivity index (χ3v) is 5.94. The zero-order chi connectivity index (χ0) is 15.7. The van der Waals surface area contributed by atoms with Gasteiger partial charge < -0.3 is 10.8 Å². The van der Waals surface area contributed by atoms with Gasteiger partial charge in [-0.15, -0.1) is 0 Å². The summed E-state index contributed by atoms with van der Waals surface area (Å²) in [4.78, 5) is 0.0652. The summed E-state index contributed by atoms with van der Waals surface area (Å²) < 4.78 is 27.7. The van der Waals surface area contributed by atoms with Crippen molar-refractivity contribution in [2.24, 2.45) is 5.92 Å². The minimum Gasteiger partial charge on any atom is -0.397 e. The van der Waals surface area contributed by atoms with Crippen LogP contribution in [0.2, 0.25) is 5.02 Å². The molecule has 1 aliphatic rings. The summed E-state index contributed by atoms with van der Waals surface area (Å²) in [5, 5.41) is 10.0. The van der Waals surface area contributed by atoms with Crippen LogP contribution in [0.3, 0.4) is 0 Å². The van der Waals surface area contributed by atoms with E-state index >= 15 is 0 Å².